The van der Waals surface area contributed by atoms with Crippen LogP contribution in [0.5, 0.6) is 0 Å². The Labute approximate surface area is 85.3 Å². The molecule has 3 nitrogen and oxygen atoms in total. The highest BCUT2D eigenvalue weighted by Gasteiger charge is 2.43. The van der Waals surface area contributed by atoms with Crippen molar-refractivity contribution in [2.45, 2.75) is 50.2 Å². The quantitative estimate of drug-likeness (QED) is 0.477. The fourth-order valence-electron chi connectivity index (χ4n) is 2.97. The highest BCUT2D eigenvalue weighted by molar-refractivity contribution is 6.57. The van der Waals surface area contributed by atoms with E-state index in [1.807, 2.05) is 0 Å². The van der Waals surface area contributed by atoms with Gasteiger partial charge in [-0.3, -0.25) is 0 Å². The molecule has 0 aromatic carbocycles. The van der Waals surface area contributed by atoms with Crippen LogP contribution >= 0.6 is 0 Å². The van der Waals surface area contributed by atoms with Gasteiger partial charge < -0.3 is 9.39 Å². The fourth-order valence-corrected chi connectivity index (χ4v) is 2.97. The summed E-state index contributed by atoms with van der Waals surface area (Å²) in [5.74, 6) is 1.20. The molecule has 0 amide bonds. The fraction of sp³-hybridized carbons (Fsp3) is 0.900. The first-order chi connectivity index (χ1) is 6.81. The van der Waals surface area contributed by atoms with Crippen molar-refractivity contribution in [3.63, 3.8) is 0 Å². The molecular formula is C10H17BO3. The van der Waals surface area contributed by atoms with Gasteiger partial charge >= 0.3 is 13.1 Å². The van der Waals surface area contributed by atoms with Crippen molar-refractivity contribution in [3.8, 4) is 0 Å². The zero-order valence-electron chi connectivity index (χ0n) is 8.70. The van der Waals surface area contributed by atoms with Crippen LogP contribution in [0.4, 0.5) is 4.79 Å². The molecule has 0 spiro atoms. The van der Waals surface area contributed by atoms with Gasteiger partial charge in [-0.1, -0.05) is 38.5 Å². The van der Waals surface area contributed by atoms with Crippen molar-refractivity contribution >= 4 is 13.1 Å². The second-order valence-corrected chi connectivity index (χ2v) is 4.42. The summed E-state index contributed by atoms with van der Waals surface area (Å²) in [6, 6.07) is 0. The van der Waals surface area contributed by atoms with E-state index in [-0.39, 0.29) is 6.92 Å². The van der Waals surface area contributed by atoms with E-state index >= 15 is 0 Å². The highest BCUT2D eigenvalue weighted by Crippen LogP contribution is 2.46. The summed E-state index contributed by atoms with van der Waals surface area (Å²) in [5.41, 5.74) is 0. The van der Waals surface area contributed by atoms with Crippen molar-refractivity contribution in [3.05, 3.63) is 0 Å². The van der Waals surface area contributed by atoms with Gasteiger partial charge in [-0.15, -0.1) is 0 Å². The molecule has 0 unspecified atom stereocenters. The lowest BCUT2D eigenvalue weighted by atomic mass is 9.38. The van der Waals surface area contributed by atoms with Gasteiger partial charge in [-0.05, 0) is 11.6 Å². The number of carbonyl (C=O) groups is 1. The Hall–Kier alpha value is -0.665. The van der Waals surface area contributed by atoms with Crippen LogP contribution in [0.25, 0.3) is 0 Å². The smallest absolute Gasteiger partial charge is 0.489 e. The maximum atomic E-state index is 11.1. The SMILES string of the molecule is COC(=O)OB1C2CCCC1CCC2. The Morgan fingerprint density at radius 3 is 2.07 bits per heavy atom. The largest absolute Gasteiger partial charge is 0.505 e. The molecule has 4 heteroatoms. The Balaban J connectivity index is 1.98. The van der Waals surface area contributed by atoms with E-state index in [0.29, 0.717) is 11.6 Å². The van der Waals surface area contributed by atoms with Gasteiger partial charge in [0.25, 0.3) is 0 Å². The lowest BCUT2D eigenvalue weighted by Gasteiger charge is -2.38. The van der Waals surface area contributed by atoms with E-state index in [2.05, 4.69) is 4.74 Å². The number of rotatable bonds is 1. The van der Waals surface area contributed by atoms with E-state index in [9.17, 15) is 4.79 Å². The van der Waals surface area contributed by atoms with Crippen LogP contribution in [0.15, 0.2) is 0 Å². The number of carbonyl (C=O) groups excluding carboxylic acids is 1. The zero-order chi connectivity index (χ0) is 9.97. The number of hydrogen-bond acceptors (Lipinski definition) is 3. The average Bonchev–Trinajstić information content (AvgIpc) is 2.17. The normalized spacial score (nSPS) is 31.1. The van der Waals surface area contributed by atoms with Crippen molar-refractivity contribution < 1.29 is 14.2 Å². The summed E-state index contributed by atoms with van der Waals surface area (Å²) in [4.78, 5) is 11.1. The maximum Gasteiger partial charge on any atom is 0.489 e. The molecule has 0 atom stereocenters. The molecule has 0 aromatic heterocycles. The van der Waals surface area contributed by atoms with Gasteiger partial charge in [0.2, 0.25) is 0 Å². The summed E-state index contributed by atoms with van der Waals surface area (Å²) in [6.45, 7) is 0.143. The summed E-state index contributed by atoms with van der Waals surface area (Å²) >= 11 is 0. The van der Waals surface area contributed by atoms with Crippen LogP contribution in [0.2, 0.25) is 11.6 Å². The van der Waals surface area contributed by atoms with Gasteiger partial charge in [0.15, 0.2) is 0 Å². The highest BCUT2D eigenvalue weighted by atomic mass is 16.7. The summed E-state index contributed by atoms with van der Waals surface area (Å²) in [6.07, 6.45) is 6.98. The number of methoxy groups -OCH3 is 1. The van der Waals surface area contributed by atoms with Gasteiger partial charge in [0.1, 0.15) is 0 Å². The summed E-state index contributed by atoms with van der Waals surface area (Å²) < 4.78 is 9.90. The first-order valence-electron chi connectivity index (χ1n) is 5.56. The first kappa shape index (κ1) is 9.87. The Morgan fingerprint density at radius 2 is 1.64 bits per heavy atom. The topological polar surface area (TPSA) is 35.5 Å². The van der Waals surface area contributed by atoms with Crippen LogP contribution < -0.4 is 0 Å². The predicted octanol–water partition coefficient (Wildman–Crippen LogP) is 2.87. The zero-order valence-corrected chi connectivity index (χ0v) is 8.70. The Kier molecular flexibility index (Phi) is 2.99. The van der Waals surface area contributed by atoms with E-state index in [4.69, 9.17) is 4.65 Å². The Morgan fingerprint density at radius 1 is 1.14 bits per heavy atom. The van der Waals surface area contributed by atoms with Crippen LogP contribution in [-0.2, 0) is 9.39 Å². The van der Waals surface area contributed by atoms with Crippen LogP contribution in [-0.4, -0.2) is 20.2 Å². The third kappa shape index (κ3) is 1.89. The minimum Gasteiger partial charge on any atom is -0.505 e. The summed E-state index contributed by atoms with van der Waals surface area (Å²) in [7, 11) is 1.38. The Bertz CT molecular complexity index is 197. The number of hydrogen-bond donors (Lipinski definition) is 0. The van der Waals surface area contributed by atoms with Gasteiger partial charge in [-0.25, -0.2) is 4.79 Å². The lowest BCUT2D eigenvalue weighted by molar-refractivity contribution is 0.116. The third-order valence-electron chi connectivity index (χ3n) is 3.63. The lowest BCUT2D eigenvalue weighted by Crippen LogP contribution is -2.38. The molecule has 0 saturated carbocycles. The number of fused-ring (bicyclic) bond motifs is 2. The van der Waals surface area contributed by atoms with E-state index in [0.717, 1.165) is 0 Å². The van der Waals surface area contributed by atoms with Crippen molar-refractivity contribution in [2.75, 3.05) is 7.11 Å². The average molecular weight is 196 g/mol. The molecule has 0 aliphatic carbocycles. The molecule has 2 bridgehead atoms. The van der Waals surface area contributed by atoms with Gasteiger partial charge in [-0.2, -0.15) is 0 Å². The second-order valence-electron chi connectivity index (χ2n) is 4.42. The van der Waals surface area contributed by atoms with Crippen molar-refractivity contribution in [1.82, 2.24) is 0 Å². The molecule has 2 fully saturated rings. The van der Waals surface area contributed by atoms with Crippen molar-refractivity contribution in [1.29, 1.82) is 0 Å². The predicted molar refractivity (Wildman–Crippen MR) is 54.4 cm³/mol. The molecule has 2 heterocycles. The first-order valence-corrected chi connectivity index (χ1v) is 5.56. The second kappa shape index (κ2) is 4.24. The van der Waals surface area contributed by atoms with Gasteiger partial charge in [0.05, 0.1) is 7.11 Å². The molecule has 14 heavy (non-hydrogen) atoms. The van der Waals surface area contributed by atoms with E-state index in [1.165, 1.54) is 45.6 Å². The number of ether oxygens (including phenoxy) is 1. The molecule has 0 aromatic rings. The van der Waals surface area contributed by atoms with Crippen LogP contribution in [0, 0.1) is 0 Å². The molecule has 78 valence electrons. The van der Waals surface area contributed by atoms with E-state index < -0.39 is 6.16 Å². The molecule has 2 aliphatic rings. The molecule has 2 rings (SSSR count). The molecular weight excluding hydrogens is 179 g/mol. The molecule has 0 N–H and O–H groups in total. The monoisotopic (exact) mass is 196 g/mol. The summed E-state index contributed by atoms with van der Waals surface area (Å²) in [5, 5.41) is 0. The van der Waals surface area contributed by atoms with Crippen molar-refractivity contribution in [2.24, 2.45) is 0 Å². The molecule has 0 radical (unpaired) electrons. The van der Waals surface area contributed by atoms with Crippen LogP contribution in [0.3, 0.4) is 0 Å². The van der Waals surface area contributed by atoms with Crippen LogP contribution in [0.1, 0.15) is 38.5 Å². The third-order valence-corrected chi connectivity index (χ3v) is 3.63. The molecule has 2 aliphatic heterocycles. The standard InChI is InChI=1S/C10H17BO3/c1-13-10(12)14-11-8-4-2-5-9(11)7-3-6-8/h8-9H,2-7H2,1H3. The minimum atomic E-state index is -0.506. The molecule has 2 saturated heterocycles. The maximum absolute atomic E-state index is 11.1. The minimum absolute atomic E-state index is 0.143. The van der Waals surface area contributed by atoms with Gasteiger partial charge in [0, 0.05) is 0 Å². The van der Waals surface area contributed by atoms with E-state index in [1.54, 1.807) is 0 Å².